The van der Waals surface area contributed by atoms with E-state index in [9.17, 15) is 0 Å². The molecule has 124 valence electrons. The van der Waals surface area contributed by atoms with Crippen molar-refractivity contribution in [3.05, 3.63) is 42.5 Å². The molecule has 3 heteroatoms. The fourth-order valence-electron chi connectivity index (χ4n) is 4.66. The van der Waals surface area contributed by atoms with Gasteiger partial charge in [0, 0.05) is 51.0 Å². The fraction of sp³-hybridized carbons (Fsp3) is 0.429. The minimum Gasteiger partial charge on any atom is -0.370 e. The molecule has 2 atom stereocenters. The molecule has 2 aliphatic heterocycles. The normalized spacial score (nSPS) is 25.3. The molecule has 2 fully saturated rings. The summed E-state index contributed by atoms with van der Waals surface area (Å²) in [6, 6.07) is 17.4. The molecule has 2 unspecified atom stereocenters. The average Bonchev–Trinajstić information content (AvgIpc) is 2.96. The van der Waals surface area contributed by atoms with E-state index in [2.05, 4.69) is 59.3 Å². The second-order valence-electron chi connectivity index (χ2n) is 7.42. The number of piperidine rings is 1. The summed E-state index contributed by atoms with van der Waals surface area (Å²) in [7, 11) is 2.34. The van der Waals surface area contributed by atoms with Crippen LogP contribution >= 0.6 is 11.3 Å². The first-order valence-corrected chi connectivity index (χ1v) is 9.99. The Kier molecular flexibility index (Phi) is 3.53. The molecule has 2 nitrogen and oxygen atoms in total. The number of likely N-dealkylation sites (N-methyl/N-ethyl adjacent to an activating group) is 1. The van der Waals surface area contributed by atoms with Gasteiger partial charge in [0.25, 0.3) is 0 Å². The zero-order chi connectivity index (χ0) is 16.1. The lowest BCUT2D eigenvalue weighted by Crippen LogP contribution is -2.45. The molecule has 0 spiro atoms. The standard InChI is InChI=1S/C21H24N2S/c1-22-15-5-4-6-17(22)14-23(12-11-15)16-9-10-21-19(13-16)18-7-2-3-8-20(18)24-21/h2-3,7-10,13,15,17H,4-6,11-12,14H2,1H3. The highest BCUT2D eigenvalue weighted by atomic mass is 32.1. The SMILES string of the molecule is CN1C2CCCC1CN(c1ccc3sc4ccccc4c3c1)CC2. The molecule has 0 aliphatic carbocycles. The van der Waals surface area contributed by atoms with Crippen molar-refractivity contribution in [1.29, 1.82) is 0 Å². The fourth-order valence-corrected chi connectivity index (χ4v) is 5.74. The zero-order valence-electron chi connectivity index (χ0n) is 14.2. The van der Waals surface area contributed by atoms with Gasteiger partial charge in [-0.25, -0.2) is 0 Å². The predicted octanol–water partition coefficient (Wildman–Crippen LogP) is 5.12. The second-order valence-corrected chi connectivity index (χ2v) is 8.50. The van der Waals surface area contributed by atoms with Gasteiger partial charge in [0.15, 0.2) is 0 Å². The zero-order valence-corrected chi connectivity index (χ0v) is 15.1. The highest BCUT2D eigenvalue weighted by molar-refractivity contribution is 7.25. The van der Waals surface area contributed by atoms with Crippen molar-refractivity contribution in [1.82, 2.24) is 4.90 Å². The van der Waals surface area contributed by atoms with Gasteiger partial charge in [-0.3, -0.25) is 4.90 Å². The van der Waals surface area contributed by atoms with Gasteiger partial charge in [-0.2, -0.15) is 0 Å². The Bertz CT molecular complexity index is 884. The van der Waals surface area contributed by atoms with E-state index < -0.39 is 0 Å². The van der Waals surface area contributed by atoms with Gasteiger partial charge in [0.2, 0.25) is 0 Å². The summed E-state index contributed by atoms with van der Waals surface area (Å²) < 4.78 is 2.81. The summed E-state index contributed by atoms with van der Waals surface area (Å²) in [6.07, 6.45) is 5.44. The summed E-state index contributed by atoms with van der Waals surface area (Å²) in [5, 5.41) is 2.83. The van der Waals surface area contributed by atoms with Gasteiger partial charge in [-0.1, -0.05) is 24.6 Å². The molecule has 0 amide bonds. The van der Waals surface area contributed by atoms with E-state index in [0.717, 1.165) is 12.1 Å². The number of fused-ring (bicyclic) bond motifs is 5. The Labute approximate surface area is 147 Å². The van der Waals surface area contributed by atoms with Crippen molar-refractivity contribution in [2.45, 2.75) is 37.8 Å². The quantitative estimate of drug-likeness (QED) is 0.609. The maximum absolute atomic E-state index is 2.65. The largest absolute Gasteiger partial charge is 0.370 e. The molecule has 3 heterocycles. The summed E-state index contributed by atoms with van der Waals surface area (Å²) in [5.74, 6) is 0. The Hall–Kier alpha value is -1.58. The van der Waals surface area contributed by atoms with Crippen molar-refractivity contribution in [3.8, 4) is 0 Å². The number of nitrogens with zero attached hydrogens (tertiary/aromatic N) is 2. The first-order chi connectivity index (χ1) is 11.8. The van der Waals surface area contributed by atoms with Gasteiger partial charge in [0.1, 0.15) is 0 Å². The minimum atomic E-state index is 0.723. The van der Waals surface area contributed by atoms with Crippen LogP contribution in [0.1, 0.15) is 25.7 Å². The van der Waals surface area contributed by atoms with Crippen LogP contribution in [0.2, 0.25) is 0 Å². The molecule has 3 aromatic rings. The van der Waals surface area contributed by atoms with Crippen molar-refractivity contribution in [2.24, 2.45) is 0 Å². The monoisotopic (exact) mass is 336 g/mol. The number of hydrogen-bond donors (Lipinski definition) is 0. The maximum Gasteiger partial charge on any atom is 0.0373 e. The second kappa shape index (κ2) is 5.75. The van der Waals surface area contributed by atoms with Gasteiger partial charge >= 0.3 is 0 Å². The third-order valence-electron chi connectivity index (χ3n) is 6.12. The Morgan fingerprint density at radius 2 is 1.75 bits per heavy atom. The summed E-state index contributed by atoms with van der Waals surface area (Å²) in [4.78, 5) is 5.29. The van der Waals surface area contributed by atoms with E-state index in [1.54, 1.807) is 0 Å². The lowest BCUT2D eigenvalue weighted by molar-refractivity contribution is 0.127. The number of hydrogen-bond acceptors (Lipinski definition) is 3. The van der Waals surface area contributed by atoms with Gasteiger partial charge < -0.3 is 4.90 Å². The van der Waals surface area contributed by atoms with Crippen molar-refractivity contribution in [2.75, 3.05) is 25.0 Å². The summed E-state index contributed by atoms with van der Waals surface area (Å²) in [5.41, 5.74) is 1.41. The van der Waals surface area contributed by atoms with Crippen LogP contribution in [0.15, 0.2) is 42.5 Å². The van der Waals surface area contributed by atoms with Crippen LogP contribution in [0.3, 0.4) is 0 Å². The Balaban J connectivity index is 1.55. The maximum atomic E-state index is 2.65. The smallest absolute Gasteiger partial charge is 0.0373 e. The molecule has 0 saturated carbocycles. The first kappa shape index (κ1) is 14.7. The van der Waals surface area contributed by atoms with E-state index in [0.29, 0.717) is 0 Å². The number of benzene rings is 2. The van der Waals surface area contributed by atoms with Gasteiger partial charge in [0.05, 0.1) is 0 Å². The molecule has 24 heavy (non-hydrogen) atoms. The van der Waals surface area contributed by atoms with Crippen molar-refractivity contribution in [3.63, 3.8) is 0 Å². The van der Waals surface area contributed by atoms with Crippen molar-refractivity contribution < 1.29 is 0 Å². The van der Waals surface area contributed by atoms with Crippen molar-refractivity contribution >= 4 is 37.2 Å². The average molecular weight is 337 g/mol. The molecule has 1 aromatic heterocycles. The Morgan fingerprint density at radius 3 is 2.71 bits per heavy atom. The van der Waals surface area contributed by atoms with E-state index in [4.69, 9.17) is 0 Å². The first-order valence-electron chi connectivity index (χ1n) is 9.18. The molecule has 5 rings (SSSR count). The van der Waals surface area contributed by atoms with Crippen LogP contribution in [0.5, 0.6) is 0 Å². The van der Waals surface area contributed by atoms with E-state index in [-0.39, 0.29) is 0 Å². The molecule has 0 N–H and O–H groups in total. The molecule has 0 radical (unpaired) electrons. The van der Waals surface area contributed by atoms with Crippen LogP contribution in [0, 0.1) is 0 Å². The molecular formula is C21H24N2S. The minimum absolute atomic E-state index is 0.723. The molecule has 2 aliphatic rings. The molecule has 2 bridgehead atoms. The predicted molar refractivity (Wildman–Crippen MR) is 105 cm³/mol. The van der Waals surface area contributed by atoms with E-state index in [1.807, 2.05) is 11.3 Å². The third kappa shape index (κ3) is 2.34. The molecule has 2 saturated heterocycles. The highest BCUT2D eigenvalue weighted by Crippen LogP contribution is 2.37. The lowest BCUT2D eigenvalue weighted by atomic mass is 9.96. The highest BCUT2D eigenvalue weighted by Gasteiger charge is 2.32. The van der Waals surface area contributed by atoms with Crippen LogP contribution in [0.25, 0.3) is 20.2 Å². The van der Waals surface area contributed by atoms with E-state index in [1.165, 1.54) is 64.6 Å². The van der Waals surface area contributed by atoms with E-state index >= 15 is 0 Å². The summed E-state index contributed by atoms with van der Waals surface area (Å²) in [6.45, 7) is 2.37. The number of rotatable bonds is 1. The lowest BCUT2D eigenvalue weighted by Gasteiger charge is -2.37. The third-order valence-corrected chi connectivity index (χ3v) is 7.27. The van der Waals surface area contributed by atoms with Crippen LogP contribution in [0.4, 0.5) is 5.69 Å². The molecule has 2 aromatic carbocycles. The summed E-state index contributed by atoms with van der Waals surface area (Å²) >= 11 is 1.91. The van der Waals surface area contributed by atoms with Crippen LogP contribution in [-0.2, 0) is 0 Å². The van der Waals surface area contributed by atoms with Gasteiger partial charge in [-0.05, 0) is 50.6 Å². The number of anilines is 1. The molecular weight excluding hydrogens is 312 g/mol. The topological polar surface area (TPSA) is 6.48 Å². The van der Waals surface area contributed by atoms with Crippen LogP contribution < -0.4 is 4.90 Å². The Morgan fingerprint density at radius 1 is 0.917 bits per heavy atom. The number of thiophene rings is 1. The van der Waals surface area contributed by atoms with Gasteiger partial charge in [-0.15, -0.1) is 11.3 Å². The van der Waals surface area contributed by atoms with Crippen LogP contribution in [-0.4, -0.2) is 37.1 Å².